The van der Waals surface area contributed by atoms with Gasteiger partial charge in [0.2, 0.25) is 0 Å². The van der Waals surface area contributed by atoms with Gasteiger partial charge in [0.1, 0.15) is 17.6 Å². The molecule has 4 aliphatic heterocycles. The molecule has 6 aliphatic rings. The highest BCUT2D eigenvalue weighted by molar-refractivity contribution is 6.03. The molecular formula is C41H71FN8O. The number of aromatic nitrogens is 2. The summed E-state index contributed by atoms with van der Waals surface area (Å²) < 4.78 is 17.8. The Kier molecular flexibility index (Phi) is 13.5. The number of fused-ring (bicyclic) bond motifs is 2. The number of carbonyl (C=O) groups excluding carboxylic acids is 1. The van der Waals surface area contributed by atoms with Gasteiger partial charge in [0.05, 0.1) is 12.1 Å². The van der Waals surface area contributed by atoms with Crippen LogP contribution < -0.4 is 21.7 Å². The largest absolute Gasteiger partial charge is 0.381 e. The summed E-state index contributed by atoms with van der Waals surface area (Å²) in [4.78, 5) is 20.0. The number of rotatable bonds is 5. The maximum absolute atomic E-state index is 16.0. The number of alkyl halides is 1. The molecule has 0 bridgehead atoms. The van der Waals surface area contributed by atoms with E-state index in [1.165, 1.54) is 122 Å². The topological polar surface area (TPSA) is 103 Å². The van der Waals surface area contributed by atoms with Crippen molar-refractivity contribution >= 4 is 17.5 Å². The minimum Gasteiger partial charge on any atom is -0.381 e. The third-order valence-electron chi connectivity index (χ3n) is 14.1. The van der Waals surface area contributed by atoms with E-state index in [2.05, 4.69) is 25.8 Å². The molecule has 3 saturated heterocycles. The van der Waals surface area contributed by atoms with Crippen LogP contribution >= 0.6 is 0 Å². The fraction of sp³-hybridized carbons (Fsp3) is 0.902. The molecule has 288 valence electrons. The second kappa shape index (κ2) is 18.4. The first-order valence-corrected chi connectivity index (χ1v) is 21.8. The van der Waals surface area contributed by atoms with Gasteiger partial charge in [0, 0.05) is 44.8 Å². The zero-order valence-electron chi connectivity index (χ0n) is 31.8. The van der Waals surface area contributed by atoms with Crippen molar-refractivity contribution in [2.24, 2.45) is 17.8 Å². The Morgan fingerprint density at radius 3 is 1.92 bits per heavy atom. The van der Waals surface area contributed by atoms with Crippen molar-refractivity contribution in [3.8, 4) is 0 Å². The van der Waals surface area contributed by atoms with Crippen LogP contribution in [0.1, 0.15) is 158 Å². The number of nitrogens with one attached hydrogen (secondary N) is 3. The Balaban J connectivity index is 1.12. The standard InChI is InChI=1S/C41H71FN8O/c42-34-27-45-40-36(39(43)47-50(40)37(34)31-20-15-11-5-2-1-3-6-12-16-21-31)41(51)46-35-28-44-26-33(30-18-13-9-7-4-8-10-14-19-30)38(35)49-25-24-48-23-17-22-32(48)29-49/h30-35,37-38,44-45H,1-29H2,(H2,43,47)(H,46,51)/t32-,33?,34?,35?,37?,38?/m0/s1. The van der Waals surface area contributed by atoms with Gasteiger partial charge in [0.25, 0.3) is 5.91 Å². The number of piperidine rings is 1. The lowest BCUT2D eigenvalue weighted by atomic mass is 9.74. The molecule has 0 aromatic carbocycles. The van der Waals surface area contributed by atoms with Crippen LogP contribution in [-0.2, 0) is 0 Å². The van der Waals surface area contributed by atoms with Crippen LogP contribution in [0.15, 0.2) is 0 Å². The van der Waals surface area contributed by atoms with E-state index in [-0.39, 0.29) is 36.3 Å². The van der Waals surface area contributed by atoms with Crippen LogP contribution in [0.5, 0.6) is 0 Å². The van der Waals surface area contributed by atoms with Crippen LogP contribution in [0.25, 0.3) is 0 Å². The summed E-state index contributed by atoms with van der Waals surface area (Å²) in [7, 11) is 0. The normalized spacial score (nSPS) is 33.6. The van der Waals surface area contributed by atoms with Crippen LogP contribution in [0, 0.1) is 17.8 Å². The van der Waals surface area contributed by atoms with E-state index >= 15 is 4.39 Å². The molecule has 6 atom stereocenters. The van der Waals surface area contributed by atoms with Crippen LogP contribution in [0.2, 0.25) is 0 Å². The summed E-state index contributed by atoms with van der Waals surface area (Å²) in [6.45, 7) is 6.54. The average Bonchev–Trinajstić information content (AvgIpc) is 3.74. The molecule has 1 aromatic rings. The molecule has 7 rings (SSSR count). The van der Waals surface area contributed by atoms with E-state index in [9.17, 15) is 4.79 Å². The monoisotopic (exact) mass is 711 g/mol. The molecular weight excluding hydrogens is 640 g/mol. The van der Waals surface area contributed by atoms with E-state index in [0.29, 0.717) is 35.3 Å². The second-order valence-corrected chi connectivity index (χ2v) is 17.5. The summed E-state index contributed by atoms with van der Waals surface area (Å²) in [5, 5.41) is 15.4. The maximum atomic E-state index is 16.0. The molecule has 2 saturated carbocycles. The molecule has 5 heterocycles. The summed E-state index contributed by atoms with van der Waals surface area (Å²) in [6.07, 6.45) is 26.9. The predicted molar refractivity (Wildman–Crippen MR) is 206 cm³/mol. The highest BCUT2D eigenvalue weighted by Crippen LogP contribution is 2.41. The summed E-state index contributed by atoms with van der Waals surface area (Å²) >= 11 is 0. The minimum absolute atomic E-state index is 0.0193. The lowest BCUT2D eigenvalue weighted by Gasteiger charge is -2.51. The predicted octanol–water partition coefficient (Wildman–Crippen LogP) is 7.30. The van der Waals surface area contributed by atoms with Crippen molar-refractivity contribution in [1.29, 1.82) is 0 Å². The van der Waals surface area contributed by atoms with Crippen molar-refractivity contribution in [3.63, 3.8) is 0 Å². The number of piperazine rings is 1. The molecule has 5 N–H and O–H groups in total. The zero-order valence-corrected chi connectivity index (χ0v) is 31.8. The minimum atomic E-state index is -1.05. The first-order chi connectivity index (χ1) is 25.1. The van der Waals surface area contributed by atoms with Gasteiger partial charge in [-0.25, -0.2) is 9.07 Å². The Bertz CT molecular complexity index is 1220. The maximum Gasteiger partial charge on any atom is 0.259 e. The number of halogens is 1. The summed E-state index contributed by atoms with van der Waals surface area (Å²) in [5.41, 5.74) is 7.07. The molecule has 0 spiro atoms. The molecule has 51 heavy (non-hydrogen) atoms. The number of nitrogens with two attached hydrogens (primary N) is 1. The number of anilines is 2. The summed E-state index contributed by atoms with van der Waals surface area (Å²) in [6, 6.07) is 0.537. The Labute approximate surface area is 308 Å². The third-order valence-corrected chi connectivity index (χ3v) is 14.1. The Morgan fingerprint density at radius 2 is 1.27 bits per heavy atom. The number of carbonyl (C=O) groups is 1. The Morgan fingerprint density at radius 1 is 0.686 bits per heavy atom. The van der Waals surface area contributed by atoms with Gasteiger partial charge >= 0.3 is 0 Å². The number of hydrogen-bond donors (Lipinski definition) is 4. The first kappa shape index (κ1) is 37.4. The fourth-order valence-electron chi connectivity index (χ4n) is 11.4. The van der Waals surface area contributed by atoms with Crippen molar-refractivity contribution in [1.82, 2.24) is 30.2 Å². The van der Waals surface area contributed by atoms with Crippen LogP contribution in [-0.4, -0.2) is 95.6 Å². The van der Waals surface area contributed by atoms with Crippen molar-refractivity contribution in [2.45, 2.75) is 172 Å². The number of hydrogen-bond acceptors (Lipinski definition) is 7. The molecule has 1 aromatic heterocycles. The van der Waals surface area contributed by atoms with E-state index in [1.54, 1.807) is 4.68 Å². The number of amides is 1. The molecule has 5 fully saturated rings. The molecule has 2 aliphatic carbocycles. The van der Waals surface area contributed by atoms with Crippen molar-refractivity contribution in [3.05, 3.63) is 5.56 Å². The summed E-state index contributed by atoms with van der Waals surface area (Å²) in [5.74, 6) is 2.08. The quantitative estimate of drug-likeness (QED) is 0.255. The second-order valence-electron chi connectivity index (χ2n) is 17.5. The van der Waals surface area contributed by atoms with Crippen LogP contribution in [0.4, 0.5) is 16.0 Å². The fourth-order valence-corrected chi connectivity index (χ4v) is 11.4. The van der Waals surface area contributed by atoms with E-state index in [0.717, 1.165) is 58.4 Å². The smallest absolute Gasteiger partial charge is 0.259 e. The lowest BCUT2D eigenvalue weighted by molar-refractivity contribution is 0.00134. The van der Waals surface area contributed by atoms with Crippen molar-refractivity contribution in [2.75, 3.05) is 56.9 Å². The highest BCUT2D eigenvalue weighted by atomic mass is 19.1. The molecule has 10 heteroatoms. The van der Waals surface area contributed by atoms with E-state index in [1.807, 2.05) is 0 Å². The van der Waals surface area contributed by atoms with Gasteiger partial charge in [-0.15, -0.1) is 0 Å². The number of nitrogen functional groups attached to an aromatic ring is 1. The van der Waals surface area contributed by atoms with Crippen LogP contribution in [0.3, 0.4) is 0 Å². The first-order valence-electron chi connectivity index (χ1n) is 21.8. The molecule has 0 radical (unpaired) electrons. The van der Waals surface area contributed by atoms with Gasteiger partial charge in [-0.2, -0.15) is 5.10 Å². The van der Waals surface area contributed by atoms with Gasteiger partial charge in [-0.1, -0.05) is 116 Å². The third kappa shape index (κ3) is 9.08. The van der Waals surface area contributed by atoms with Gasteiger partial charge in [-0.3, -0.25) is 14.6 Å². The number of nitrogens with zero attached hydrogens (tertiary/aromatic N) is 4. The average molecular weight is 711 g/mol. The van der Waals surface area contributed by atoms with E-state index in [4.69, 9.17) is 10.8 Å². The SMILES string of the molecule is Nc1nn2c(c1C(=O)NC1CNCC(C3CCCCCCCCC3)C1N1CCN3CCC[C@H]3C1)NCC(F)C2C1CCCCCCCCCCC1. The Hall–Kier alpha value is -1.91. The van der Waals surface area contributed by atoms with Gasteiger partial charge in [-0.05, 0) is 56.5 Å². The highest BCUT2D eigenvalue weighted by Gasteiger charge is 2.45. The van der Waals surface area contributed by atoms with Gasteiger partial charge < -0.3 is 21.7 Å². The molecule has 5 unspecified atom stereocenters. The van der Waals surface area contributed by atoms with E-state index < -0.39 is 6.17 Å². The lowest BCUT2D eigenvalue weighted by Crippen LogP contribution is -2.68. The van der Waals surface area contributed by atoms with Gasteiger partial charge in [0.15, 0.2) is 5.82 Å². The zero-order chi connectivity index (χ0) is 35.0. The molecule has 1 amide bonds. The van der Waals surface area contributed by atoms with Crippen molar-refractivity contribution < 1.29 is 9.18 Å². The molecule has 9 nitrogen and oxygen atoms in total.